The summed E-state index contributed by atoms with van der Waals surface area (Å²) in [4.78, 5) is 14.2. The fourth-order valence-electron chi connectivity index (χ4n) is 3.63. The Morgan fingerprint density at radius 1 is 1.14 bits per heavy atom. The van der Waals surface area contributed by atoms with Gasteiger partial charge in [0.2, 0.25) is 0 Å². The summed E-state index contributed by atoms with van der Waals surface area (Å²) in [6, 6.07) is -0.197. The SMILES string of the molecule is CNC[C@@H](NC(=O)N1CCCCC1)[C@@H](O)C1CCCCC1. The summed E-state index contributed by atoms with van der Waals surface area (Å²) in [6.45, 7) is 2.31. The van der Waals surface area contributed by atoms with Gasteiger partial charge in [0.15, 0.2) is 0 Å². The fraction of sp³-hybridized carbons (Fsp3) is 0.938. The van der Waals surface area contributed by atoms with Crippen LogP contribution < -0.4 is 10.6 Å². The highest BCUT2D eigenvalue weighted by atomic mass is 16.3. The molecule has 2 rings (SSSR count). The van der Waals surface area contributed by atoms with E-state index in [9.17, 15) is 9.90 Å². The number of piperidine rings is 1. The van der Waals surface area contributed by atoms with Gasteiger partial charge in [-0.1, -0.05) is 19.3 Å². The number of aliphatic hydroxyl groups excluding tert-OH is 1. The van der Waals surface area contributed by atoms with Crippen LogP contribution in [0.1, 0.15) is 51.4 Å². The Kier molecular flexibility index (Phi) is 6.77. The van der Waals surface area contributed by atoms with Crippen molar-refractivity contribution in [3.8, 4) is 0 Å². The monoisotopic (exact) mass is 297 g/mol. The van der Waals surface area contributed by atoms with Gasteiger partial charge in [-0.15, -0.1) is 0 Å². The summed E-state index contributed by atoms with van der Waals surface area (Å²) >= 11 is 0. The van der Waals surface area contributed by atoms with E-state index in [-0.39, 0.29) is 12.1 Å². The first kappa shape index (κ1) is 16.6. The van der Waals surface area contributed by atoms with E-state index in [2.05, 4.69) is 10.6 Å². The molecule has 1 saturated carbocycles. The van der Waals surface area contributed by atoms with Gasteiger partial charge in [-0.05, 0) is 45.1 Å². The topological polar surface area (TPSA) is 64.6 Å². The molecule has 0 aromatic heterocycles. The number of nitrogens with zero attached hydrogens (tertiary/aromatic N) is 1. The normalized spacial score (nSPS) is 23.6. The van der Waals surface area contributed by atoms with Gasteiger partial charge in [0, 0.05) is 19.6 Å². The highest BCUT2D eigenvalue weighted by Crippen LogP contribution is 2.27. The molecule has 0 spiro atoms. The van der Waals surface area contributed by atoms with Gasteiger partial charge < -0.3 is 20.6 Å². The number of carbonyl (C=O) groups excluding carboxylic acids is 1. The van der Waals surface area contributed by atoms with Crippen molar-refractivity contribution in [1.82, 2.24) is 15.5 Å². The van der Waals surface area contributed by atoms with Gasteiger partial charge in [-0.3, -0.25) is 0 Å². The summed E-state index contributed by atoms with van der Waals surface area (Å²) in [5.41, 5.74) is 0. The molecule has 122 valence electrons. The number of hydrogen-bond donors (Lipinski definition) is 3. The first-order valence-corrected chi connectivity index (χ1v) is 8.60. The molecule has 21 heavy (non-hydrogen) atoms. The Labute approximate surface area is 128 Å². The first-order valence-electron chi connectivity index (χ1n) is 8.60. The summed E-state index contributed by atoms with van der Waals surface area (Å²) in [6.07, 6.45) is 8.81. The number of nitrogens with one attached hydrogen (secondary N) is 2. The zero-order valence-electron chi connectivity index (χ0n) is 13.3. The molecular weight excluding hydrogens is 266 g/mol. The number of likely N-dealkylation sites (N-methyl/N-ethyl adjacent to an activating group) is 1. The molecule has 1 heterocycles. The van der Waals surface area contributed by atoms with E-state index in [0.717, 1.165) is 38.8 Å². The maximum absolute atomic E-state index is 12.3. The minimum absolute atomic E-state index is 0.00944. The van der Waals surface area contributed by atoms with Crippen LogP contribution in [-0.4, -0.2) is 54.9 Å². The second kappa shape index (κ2) is 8.59. The maximum atomic E-state index is 12.3. The molecule has 1 aliphatic heterocycles. The van der Waals surface area contributed by atoms with Crippen molar-refractivity contribution >= 4 is 6.03 Å². The average molecular weight is 297 g/mol. The minimum atomic E-state index is -0.438. The molecule has 0 unspecified atom stereocenters. The van der Waals surface area contributed by atoms with Gasteiger partial charge in [0.25, 0.3) is 0 Å². The van der Waals surface area contributed by atoms with Crippen molar-refractivity contribution < 1.29 is 9.90 Å². The minimum Gasteiger partial charge on any atom is -0.391 e. The lowest BCUT2D eigenvalue weighted by Gasteiger charge is -2.35. The van der Waals surface area contributed by atoms with Crippen molar-refractivity contribution in [1.29, 1.82) is 0 Å². The Morgan fingerprint density at radius 2 is 1.76 bits per heavy atom. The smallest absolute Gasteiger partial charge is 0.317 e. The molecule has 0 radical (unpaired) electrons. The van der Waals surface area contributed by atoms with Crippen molar-refractivity contribution in [2.75, 3.05) is 26.7 Å². The maximum Gasteiger partial charge on any atom is 0.317 e. The third-order valence-electron chi connectivity index (χ3n) is 4.92. The largest absolute Gasteiger partial charge is 0.391 e. The molecule has 3 N–H and O–H groups in total. The van der Waals surface area contributed by atoms with Crippen LogP contribution in [0.4, 0.5) is 4.79 Å². The lowest BCUT2D eigenvalue weighted by molar-refractivity contribution is 0.0509. The molecular formula is C16H31N3O2. The third kappa shape index (κ3) is 4.85. The van der Waals surface area contributed by atoms with Crippen molar-refractivity contribution in [3.05, 3.63) is 0 Å². The second-order valence-electron chi connectivity index (χ2n) is 6.55. The van der Waals surface area contributed by atoms with Crippen LogP contribution in [0.2, 0.25) is 0 Å². The molecule has 5 nitrogen and oxygen atoms in total. The average Bonchev–Trinajstić information content (AvgIpc) is 2.55. The molecule has 0 bridgehead atoms. The fourth-order valence-corrected chi connectivity index (χ4v) is 3.63. The van der Waals surface area contributed by atoms with Crippen LogP contribution in [0.15, 0.2) is 0 Å². The Bertz CT molecular complexity index is 313. The number of rotatable bonds is 5. The Hall–Kier alpha value is -0.810. The van der Waals surface area contributed by atoms with Crippen LogP contribution in [0, 0.1) is 5.92 Å². The highest BCUT2D eigenvalue weighted by Gasteiger charge is 2.30. The number of hydrogen-bond acceptors (Lipinski definition) is 3. The van der Waals surface area contributed by atoms with Crippen molar-refractivity contribution in [2.45, 2.75) is 63.5 Å². The van der Waals surface area contributed by atoms with E-state index >= 15 is 0 Å². The van der Waals surface area contributed by atoms with Crippen LogP contribution in [0.25, 0.3) is 0 Å². The van der Waals surface area contributed by atoms with Gasteiger partial charge in [0.1, 0.15) is 0 Å². The van der Waals surface area contributed by atoms with Gasteiger partial charge in [-0.2, -0.15) is 0 Å². The standard InChI is InChI=1S/C16H31N3O2/c1-17-12-14(15(20)13-8-4-2-5-9-13)18-16(21)19-10-6-3-7-11-19/h13-15,17,20H,2-12H2,1H3,(H,18,21)/t14-,15+/m1/s1. The predicted octanol–water partition coefficient (Wildman–Crippen LogP) is 1.71. The first-order chi connectivity index (χ1) is 10.2. The molecule has 1 saturated heterocycles. The highest BCUT2D eigenvalue weighted by molar-refractivity contribution is 5.74. The van der Waals surface area contributed by atoms with Crippen LogP contribution in [0.3, 0.4) is 0 Å². The number of carbonyl (C=O) groups is 1. The van der Waals surface area contributed by atoms with Gasteiger partial charge in [-0.25, -0.2) is 4.79 Å². The van der Waals surface area contributed by atoms with Crippen LogP contribution in [-0.2, 0) is 0 Å². The van der Waals surface area contributed by atoms with E-state index in [1.54, 1.807) is 0 Å². The number of amides is 2. The summed E-state index contributed by atoms with van der Waals surface area (Å²) < 4.78 is 0. The van der Waals surface area contributed by atoms with E-state index < -0.39 is 6.10 Å². The zero-order chi connectivity index (χ0) is 15.1. The van der Waals surface area contributed by atoms with Gasteiger partial charge >= 0.3 is 6.03 Å². The molecule has 0 aromatic carbocycles. The quantitative estimate of drug-likeness (QED) is 0.724. The summed E-state index contributed by atoms with van der Waals surface area (Å²) in [7, 11) is 1.87. The zero-order valence-corrected chi connectivity index (χ0v) is 13.3. The molecule has 5 heteroatoms. The summed E-state index contributed by atoms with van der Waals surface area (Å²) in [5, 5.41) is 16.8. The van der Waals surface area contributed by atoms with E-state index in [4.69, 9.17) is 0 Å². The predicted molar refractivity (Wildman–Crippen MR) is 84.3 cm³/mol. The molecule has 2 atom stereocenters. The van der Waals surface area contributed by atoms with Crippen LogP contribution >= 0.6 is 0 Å². The van der Waals surface area contributed by atoms with Gasteiger partial charge in [0.05, 0.1) is 12.1 Å². The lowest BCUT2D eigenvalue weighted by atomic mass is 9.82. The lowest BCUT2D eigenvalue weighted by Crippen LogP contribution is -2.55. The van der Waals surface area contributed by atoms with Crippen molar-refractivity contribution in [3.63, 3.8) is 0 Å². The number of aliphatic hydroxyl groups is 1. The van der Waals surface area contributed by atoms with Crippen LogP contribution in [0.5, 0.6) is 0 Å². The molecule has 0 aromatic rings. The van der Waals surface area contributed by atoms with E-state index in [1.807, 2.05) is 11.9 Å². The van der Waals surface area contributed by atoms with Crippen molar-refractivity contribution in [2.24, 2.45) is 5.92 Å². The molecule has 2 amide bonds. The molecule has 2 fully saturated rings. The summed E-state index contributed by atoms with van der Waals surface area (Å²) in [5.74, 6) is 0.332. The Balaban J connectivity index is 1.88. The van der Waals surface area contributed by atoms with E-state index in [0.29, 0.717) is 12.5 Å². The number of urea groups is 1. The molecule has 2 aliphatic rings. The Morgan fingerprint density at radius 3 is 2.38 bits per heavy atom. The number of likely N-dealkylation sites (tertiary alicyclic amines) is 1. The second-order valence-corrected chi connectivity index (χ2v) is 6.55. The van der Waals surface area contributed by atoms with E-state index in [1.165, 1.54) is 25.7 Å². The third-order valence-corrected chi connectivity index (χ3v) is 4.92. The molecule has 1 aliphatic carbocycles.